The molecule has 0 bridgehead atoms. The van der Waals surface area contributed by atoms with Crippen molar-refractivity contribution in [1.82, 2.24) is 0 Å². The molecule has 2 nitrogen and oxygen atoms in total. The van der Waals surface area contributed by atoms with Crippen LogP contribution in [0, 0.1) is 17.8 Å². The number of esters is 1. The van der Waals surface area contributed by atoms with Crippen LogP contribution in [-0.4, -0.2) is 12.6 Å². The van der Waals surface area contributed by atoms with Crippen LogP contribution in [0.15, 0.2) is 0 Å². The Balaban J connectivity index is 1.74. The lowest BCUT2D eigenvalue weighted by molar-refractivity contribution is -0.146. The summed E-state index contributed by atoms with van der Waals surface area (Å²) in [4.78, 5) is 11.2. The van der Waals surface area contributed by atoms with Crippen molar-refractivity contribution in [2.75, 3.05) is 6.61 Å². The van der Waals surface area contributed by atoms with E-state index in [1.54, 1.807) is 0 Å². The number of fused-ring (bicyclic) bond motifs is 1. The van der Waals surface area contributed by atoms with Crippen molar-refractivity contribution in [2.24, 2.45) is 17.8 Å². The molecule has 1 unspecified atom stereocenters. The zero-order valence-corrected chi connectivity index (χ0v) is 8.29. The summed E-state index contributed by atoms with van der Waals surface area (Å²) in [6.07, 6.45) is 6.10. The molecule has 2 aliphatic carbocycles. The molecule has 0 aromatic rings. The molecule has 0 radical (unpaired) electrons. The van der Waals surface area contributed by atoms with E-state index in [0.29, 0.717) is 18.9 Å². The Bertz CT molecular complexity index is 200. The first-order valence-electron chi connectivity index (χ1n) is 5.47. The molecule has 2 saturated carbocycles. The molecule has 2 aliphatic rings. The van der Waals surface area contributed by atoms with Crippen LogP contribution < -0.4 is 0 Å². The fourth-order valence-corrected chi connectivity index (χ4v) is 3.02. The van der Waals surface area contributed by atoms with Crippen LogP contribution in [0.3, 0.4) is 0 Å². The zero-order valence-electron chi connectivity index (χ0n) is 8.29. The molecule has 2 rings (SSSR count). The summed E-state index contributed by atoms with van der Waals surface area (Å²) >= 11 is 0. The minimum atomic E-state index is 0.0119. The van der Waals surface area contributed by atoms with Crippen LogP contribution in [0.2, 0.25) is 0 Å². The lowest BCUT2D eigenvalue weighted by Gasteiger charge is -2.40. The van der Waals surface area contributed by atoms with Gasteiger partial charge in [0.15, 0.2) is 0 Å². The molecule has 0 aliphatic heterocycles. The summed E-state index contributed by atoms with van der Waals surface area (Å²) in [7, 11) is 0. The van der Waals surface area contributed by atoms with Gasteiger partial charge in [0, 0.05) is 6.42 Å². The molecule has 0 aromatic heterocycles. The van der Waals surface area contributed by atoms with Gasteiger partial charge >= 0.3 is 5.97 Å². The Morgan fingerprint density at radius 1 is 1.46 bits per heavy atom. The third kappa shape index (κ3) is 1.72. The average Bonchev–Trinajstić information content (AvgIpc) is 2.43. The highest BCUT2D eigenvalue weighted by atomic mass is 16.5. The number of hydrogen-bond donors (Lipinski definition) is 0. The van der Waals surface area contributed by atoms with Gasteiger partial charge < -0.3 is 4.74 Å². The fraction of sp³-hybridized carbons (Fsp3) is 0.909. The van der Waals surface area contributed by atoms with Gasteiger partial charge in [0.05, 0.1) is 6.61 Å². The number of ether oxygens (including phenoxy) is 1. The highest BCUT2D eigenvalue weighted by molar-refractivity contribution is 5.69. The average molecular weight is 182 g/mol. The Labute approximate surface area is 79.7 Å². The maximum absolute atomic E-state index is 11.2. The van der Waals surface area contributed by atoms with Crippen molar-refractivity contribution in [2.45, 2.75) is 39.0 Å². The number of carbonyl (C=O) groups is 1. The molecule has 0 N–H and O–H groups in total. The SMILES string of the molecule is CCOC(=O)C[C@H]1C[C@H]2CCCC21. The van der Waals surface area contributed by atoms with Crippen LogP contribution in [0.5, 0.6) is 0 Å². The van der Waals surface area contributed by atoms with E-state index in [4.69, 9.17) is 4.74 Å². The first-order valence-corrected chi connectivity index (χ1v) is 5.47. The van der Waals surface area contributed by atoms with E-state index < -0.39 is 0 Å². The Morgan fingerprint density at radius 3 is 3.00 bits per heavy atom. The van der Waals surface area contributed by atoms with Gasteiger partial charge in [-0.2, -0.15) is 0 Å². The summed E-state index contributed by atoms with van der Waals surface area (Å²) in [5.41, 5.74) is 0. The van der Waals surface area contributed by atoms with Gasteiger partial charge in [-0.25, -0.2) is 0 Å². The van der Waals surface area contributed by atoms with Gasteiger partial charge in [-0.1, -0.05) is 12.8 Å². The lowest BCUT2D eigenvalue weighted by Crippen LogP contribution is -2.34. The summed E-state index contributed by atoms with van der Waals surface area (Å²) in [6, 6.07) is 0. The van der Waals surface area contributed by atoms with E-state index in [0.717, 1.165) is 11.8 Å². The van der Waals surface area contributed by atoms with Crippen LogP contribution in [0.1, 0.15) is 39.0 Å². The van der Waals surface area contributed by atoms with Gasteiger partial charge in [0.1, 0.15) is 0 Å². The first kappa shape index (κ1) is 9.04. The summed E-state index contributed by atoms with van der Waals surface area (Å²) in [6.45, 7) is 2.40. The standard InChI is InChI=1S/C11H18O2/c1-2-13-11(12)7-9-6-8-4-3-5-10(8)9/h8-10H,2-7H2,1H3/t8-,9-,10?/m1/s1. The Hall–Kier alpha value is -0.530. The van der Waals surface area contributed by atoms with Crippen molar-refractivity contribution in [1.29, 1.82) is 0 Å². The summed E-state index contributed by atoms with van der Waals surface area (Å²) < 4.78 is 4.96. The highest BCUT2D eigenvalue weighted by Gasteiger charge is 2.44. The number of hydrogen-bond acceptors (Lipinski definition) is 2. The minimum absolute atomic E-state index is 0.0119. The Kier molecular flexibility index (Phi) is 2.56. The van der Waals surface area contributed by atoms with Crippen LogP contribution in [0.25, 0.3) is 0 Å². The molecule has 3 atom stereocenters. The predicted octanol–water partition coefficient (Wildman–Crippen LogP) is 2.38. The van der Waals surface area contributed by atoms with Crippen molar-refractivity contribution >= 4 is 5.97 Å². The molecule has 2 heteroatoms. The van der Waals surface area contributed by atoms with Crippen LogP contribution >= 0.6 is 0 Å². The second-order valence-corrected chi connectivity index (χ2v) is 4.36. The van der Waals surface area contributed by atoms with Crippen molar-refractivity contribution in [3.05, 3.63) is 0 Å². The minimum Gasteiger partial charge on any atom is -0.466 e. The first-order chi connectivity index (χ1) is 6.31. The molecule has 13 heavy (non-hydrogen) atoms. The summed E-state index contributed by atoms with van der Waals surface area (Å²) in [5, 5.41) is 0. The monoisotopic (exact) mass is 182 g/mol. The van der Waals surface area contributed by atoms with Crippen molar-refractivity contribution in [3.8, 4) is 0 Å². The second kappa shape index (κ2) is 3.69. The fourth-order valence-electron chi connectivity index (χ4n) is 3.02. The van der Waals surface area contributed by atoms with Crippen molar-refractivity contribution in [3.63, 3.8) is 0 Å². The van der Waals surface area contributed by atoms with E-state index >= 15 is 0 Å². The van der Waals surface area contributed by atoms with E-state index in [1.807, 2.05) is 6.92 Å². The number of carbonyl (C=O) groups excluding carboxylic acids is 1. The third-order valence-electron chi connectivity index (χ3n) is 3.66. The molecule has 0 aromatic carbocycles. The molecule has 74 valence electrons. The summed E-state index contributed by atoms with van der Waals surface area (Å²) in [5.74, 6) is 2.49. The molecule has 2 fully saturated rings. The van der Waals surface area contributed by atoms with Gasteiger partial charge in [-0.15, -0.1) is 0 Å². The van der Waals surface area contributed by atoms with Crippen LogP contribution in [-0.2, 0) is 9.53 Å². The van der Waals surface area contributed by atoms with Gasteiger partial charge in [0.25, 0.3) is 0 Å². The second-order valence-electron chi connectivity index (χ2n) is 4.36. The van der Waals surface area contributed by atoms with Crippen LogP contribution in [0.4, 0.5) is 0 Å². The predicted molar refractivity (Wildman–Crippen MR) is 50.2 cm³/mol. The lowest BCUT2D eigenvalue weighted by atomic mass is 9.65. The Morgan fingerprint density at radius 2 is 2.31 bits per heavy atom. The molecular formula is C11H18O2. The highest BCUT2D eigenvalue weighted by Crippen LogP contribution is 2.52. The van der Waals surface area contributed by atoms with E-state index in [9.17, 15) is 4.79 Å². The maximum Gasteiger partial charge on any atom is 0.306 e. The van der Waals surface area contributed by atoms with E-state index in [2.05, 4.69) is 0 Å². The van der Waals surface area contributed by atoms with E-state index in [1.165, 1.54) is 25.7 Å². The molecular weight excluding hydrogens is 164 g/mol. The van der Waals surface area contributed by atoms with Crippen molar-refractivity contribution < 1.29 is 9.53 Å². The smallest absolute Gasteiger partial charge is 0.306 e. The van der Waals surface area contributed by atoms with Gasteiger partial charge in [0.2, 0.25) is 0 Å². The number of rotatable bonds is 3. The van der Waals surface area contributed by atoms with E-state index in [-0.39, 0.29) is 5.97 Å². The molecule has 0 heterocycles. The van der Waals surface area contributed by atoms with Gasteiger partial charge in [-0.3, -0.25) is 4.79 Å². The quantitative estimate of drug-likeness (QED) is 0.626. The maximum atomic E-state index is 11.2. The van der Waals surface area contributed by atoms with Gasteiger partial charge in [-0.05, 0) is 37.5 Å². The zero-order chi connectivity index (χ0) is 9.26. The topological polar surface area (TPSA) is 26.3 Å². The third-order valence-corrected chi connectivity index (χ3v) is 3.66. The normalized spacial score (nSPS) is 36.5. The molecule has 0 spiro atoms. The largest absolute Gasteiger partial charge is 0.466 e. The molecule has 0 amide bonds. The molecule has 0 saturated heterocycles.